The van der Waals surface area contributed by atoms with Crippen LogP contribution in [0.5, 0.6) is 0 Å². The van der Waals surface area contributed by atoms with E-state index in [-0.39, 0.29) is 12.5 Å². The van der Waals surface area contributed by atoms with Crippen molar-refractivity contribution in [1.29, 1.82) is 0 Å². The fourth-order valence-electron chi connectivity index (χ4n) is 4.04. The number of ether oxygens (including phenoxy) is 1. The molecular formula is C28H30BrN3O3. The third-order valence-electron chi connectivity index (χ3n) is 6.27. The van der Waals surface area contributed by atoms with Crippen LogP contribution < -0.4 is 4.90 Å². The van der Waals surface area contributed by atoms with Crippen LogP contribution in [0.3, 0.4) is 0 Å². The molecule has 0 saturated carbocycles. The minimum atomic E-state index is -0.438. The number of nitrogens with zero attached hydrogens (tertiary/aromatic N) is 3. The van der Waals surface area contributed by atoms with Gasteiger partial charge in [0.2, 0.25) is 0 Å². The minimum absolute atomic E-state index is 0.0263. The summed E-state index contributed by atoms with van der Waals surface area (Å²) in [6.07, 6.45) is 0.566. The van der Waals surface area contributed by atoms with Crippen LogP contribution in [-0.2, 0) is 17.8 Å². The molecule has 0 spiro atoms. The Balaban J connectivity index is 1.24. The Morgan fingerprint density at radius 1 is 0.857 bits per heavy atom. The van der Waals surface area contributed by atoms with Crippen molar-refractivity contribution < 1.29 is 14.3 Å². The van der Waals surface area contributed by atoms with Gasteiger partial charge in [-0.15, -0.1) is 0 Å². The summed E-state index contributed by atoms with van der Waals surface area (Å²) in [6, 6.07) is 25.1. The zero-order chi connectivity index (χ0) is 24.6. The molecule has 0 bridgehead atoms. The molecule has 35 heavy (non-hydrogen) atoms. The number of benzene rings is 3. The van der Waals surface area contributed by atoms with Crippen molar-refractivity contribution in [3.63, 3.8) is 0 Å². The first-order chi connectivity index (χ1) is 17.0. The van der Waals surface area contributed by atoms with E-state index in [0.717, 1.165) is 36.1 Å². The van der Waals surface area contributed by atoms with Gasteiger partial charge in [-0.3, -0.25) is 14.6 Å². The standard InChI is InChI=1S/C28H30BrN3O3/c1-30(28(34)35-21-23-5-3-2-4-6-23)26-13-9-24(10-14-26)27(33)32-19-17-31(18-20-32)16-15-22-7-11-25(29)12-8-22/h2-14H,15-21H2,1H3. The molecule has 4 rings (SSSR count). The molecule has 0 aromatic heterocycles. The lowest BCUT2D eigenvalue weighted by Gasteiger charge is -2.34. The molecule has 0 unspecified atom stereocenters. The van der Waals surface area contributed by atoms with Gasteiger partial charge < -0.3 is 9.64 Å². The number of hydrogen-bond donors (Lipinski definition) is 0. The van der Waals surface area contributed by atoms with Crippen LogP contribution in [0.1, 0.15) is 21.5 Å². The zero-order valence-corrected chi connectivity index (χ0v) is 21.5. The average Bonchev–Trinajstić information content (AvgIpc) is 2.91. The van der Waals surface area contributed by atoms with Gasteiger partial charge in [-0.2, -0.15) is 0 Å². The van der Waals surface area contributed by atoms with Gasteiger partial charge in [0.05, 0.1) is 0 Å². The number of hydrogen-bond acceptors (Lipinski definition) is 4. The summed E-state index contributed by atoms with van der Waals surface area (Å²) >= 11 is 3.47. The molecule has 3 aromatic rings. The minimum Gasteiger partial charge on any atom is -0.444 e. The Kier molecular flexibility index (Phi) is 8.55. The molecule has 1 aliphatic rings. The van der Waals surface area contributed by atoms with Crippen molar-refractivity contribution >= 4 is 33.6 Å². The quantitative estimate of drug-likeness (QED) is 0.416. The van der Waals surface area contributed by atoms with Crippen molar-refractivity contribution in [1.82, 2.24) is 9.80 Å². The first-order valence-corrected chi connectivity index (χ1v) is 12.6. The molecule has 1 aliphatic heterocycles. The van der Waals surface area contributed by atoms with Gasteiger partial charge in [0.25, 0.3) is 5.91 Å². The van der Waals surface area contributed by atoms with Crippen LogP contribution in [0.15, 0.2) is 83.3 Å². The van der Waals surface area contributed by atoms with Crippen molar-refractivity contribution in [3.8, 4) is 0 Å². The lowest BCUT2D eigenvalue weighted by molar-refractivity contribution is 0.0638. The number of rotatable bonds is 7. The largest absolute Gasteiger partial charge is 0.444 e. The van der Waals surface area contributed by atoms with Crippen LogP contribution in [0.4, 0.5) is 10.5 Å². The van der Waals surface area contributed by atoms with E-state index < -0.39 is 6.09 Å². The summed E-state index contributed by atoms with van der Waals surface area (Å²) in [5.41, 5.74) is 3.56. The van der Waals surface area contributed by atoms with Crippen LogP contribution in [-0.4, -0.2) is 61.6 Å². The highest BCUT2D eigenvalue weighted by Gasteiger charge is 2.22. The second-order valence-corrected chi connectivity index (χ2v) is 9.57. The summed E-state index contributed by atoms with van der Waals surface area (Å²) < 4.78 is 6.48. The topological polar surface area (TPSA) is 53.1 Å². The lowest BCUT2D eigenvalue weighted by Crippen LogP contribution is -2.49. The highest BCUT2D eigenvalue weighted by Crippen LogP contribution is 2.18. The summed E-state index contributed by atoms with van der Waals surface area (Å²) in [5.74, 6) is 0.0263. The van der Waals surface area contributed by atoms with E-state index in [4.69, 9.17) is 4.74 Å². The monoisotopic (exact) mass is 535 g/mol. The number of carbonyl (C=O) groups excluding carboxylic acids is 2. The Morgan fingerprint density at radius 3 is 2.17 bits per heavy atom. The van der Waals surface area contributed by atoms with Crippen LogP contribution in [0, 0.1) is 0 Å². The Bertz CT molecular complexity index is 1110. The van der Waals surface area contributed by atoms with Crippen LogP contribution in [0.2, 0.25) is 0 Å². The van der Waals surface area contributed by atoms with Gasteiger partial charge in [-0.25, -0.2) is 4.79 Å². The molecule has 2 amide bonds. The second-order valence-electron chi connectivity index (χ2n) is 8.66. The highest BCUT2D eigenvalue weighted by molar-refractivity contribution is 9.10. The van der Waals surface area contributed by atoms with Gasteiger partial charge >= 0.3 is 6.09 Å². The fourth-order valence-corrected chi connectivity index (χ4v) is 4.31. The Morgan fingerprint density at radius 2 is 1.51 bits per heavy atom. The predicted molar refractivity (Wildman–Crippen MR) is 142 cm³/mol. The van der Waals surface area contributed by atoms with Gasteiger partial charge in [0, 0.05) is 55.5 Å². The van der Waals surface area contributed by atoms with E-state index >= 15 is 0 Å². The first-order valence-electron chi connectivity index (χ1n) is 11.8. The van der Waals surface area contributed by atoms with Gasteiger partial charge in [-0.1, -0.05) is 58.4 Å². The maximum absolute atomic E-state index is 13.0. The molecule has 0 aliphatic carbocycles. The molecule has 7 heteroatoms. The van der Waals surface area contributed by atoms with Crippen molar-refractivity contribution in [3.05, 3.63) is 100 Å². The smallest absolute Gasteiger partial charge is 0.414 e. The number of carbonyl (C=O) groups is 2. The third kappa shape index (κ3) is 6.93. The predicted octanol–water partition coefficient (Wildman–Crippen LogP) is 5.22. The maximum atomic E-state index is 13.0. The molecule has 6 nitrogen and oxygen atoms in total. The fraction of sp³-hybridized carbons (Fsp3) is 0.286. The van der Waals surface area contributed by atoms with Gasteiger partial charge in [0.1, 0.15) is 6.61 Å². The Labute approximate surface area is 215 Å². The lowest BCUT2D eigenvalue weighted by atomic mass is 10.1. The number of piperazine rings is 1. The summed E-state index contributed by atoms with van der Waals surface area (Å²) in [6.45, 7) is 4.38. The van der Waals surface area contributed by atoms with Crippen molar-refractivity contribution in [2.45, 2.75) is 13.0 Å². The van der Waals surface area contributed by atoms with Crippen LogP contribution in [0.25, 0.3) is 0 Å². The molecule has 0 atom stereocenters. The average molecular weight is 536 g/mol. The van der Waals surface area contributed by atoms with E-state index in [1.807, 2.05) is 35.2 Å². The van der Waals surface area contributed by atoms with Crippen molar-refractivity contribution in [2.24, 2.45) is 0 Å². The summed E-state index contributed by atoms with van der Waals surface area (Å²) in [7, 11) is 1.66. The SMILES string of the molecule is CN(C(=O)OCc1ccccc1)c1ccc(C(=O)N2CCN(CCc3ccc(Br)cc3)CC2)cc1. The highest BCUT2D eigenvalue weighted by atomic mass is 79.9. The van der Waals surface area contributed by atoms with E-state index in [2.05, 4.69) is 45.1 Å². The molecule has 182 valence electrons. The van der Waals surface area contributed by atoms with Gasteiger partial charge in [-0.05, 0) is 53.9 Å². The molecule has 1 saturated heterocycles. The number of anilines is 1. The molecule has 3 aromatic carbocycles. The number of amides is 2. The summed E-state index contributed by atoms with van der Waals surface area (Å²) in [5, 5.41) is 0. The molecule has 0 N–H and O–H groups in total. The van der Waals surface area contributed by atoms with E-state index in [1.54, 1.807) is 31.3 Å². The summed E-state index contributed by atoms with van der Waals surface area (Å²) in [4.78, 5) is 31.1. The van der Waals surface area contributed by atoms with Crippen LogP contribution >= 0.6 is 15.9 Å². The third-order valence-corrected chi connectivity index (χ3v) is 6.80. The number of halogens is 1. The molecule has 1 fully saturated rings. The maximum Gasteiger partial charge on any atom is 0.414 e. The van der Waals surface area contributed by atoms with E-state index in [1.165, 1.54) is 10.5 Å². The van der Waals surface area contributed by atoms with E-state index in [9.17, 15) is 9.59 Å². The molecular weight excluding hydrogens is 506 g/mol. The molecule has 1 heterocycles. The normalized spacial score (nSPS) is 13.9. The first kappa shape index (κ1) is 24.9. The van der Waals surface area contributed by atoms with Gasteiger partial charge in [0.15, 0.2) is 0 Å². The molecule has 0 radical (unpaired) electrons. The van der Waals surface area contributed by atoms with Crippen molar-refractivity contribution in [2.75, 3.05) is 44.7 Å². The second kappa shape index (κ2) is 12.0. The Hall–Kier alpha value is -3.16. The zero-order valence-electron chi connectivity index (χ0n) is 19.9. The van der Waals surface area contributed by atoms with E-state index in [0.29, 0.717) is 24.3 Å².